The van der Waals surface area contributed by atoms with Crippen LogP contribution < -0.4 is 14.8 Å². The molecule has 4 rings (SSSR count). The number of nitrogens with one attached hydrogen (secondary N) is 1. The average molecular weight is 470 g/mol. The van der Waals surface area contributed by atoms with E-state index in [1.54, 1.807) is 26.6 Å². The molecule has 35 heavy (non-hydrogen) atoms. The fourth-order valence-electron chi connectivity index (χ4n) is 3.34. The second-order valence-electron chi connectivity index (χ2n) is 7.99. The van der Waals surface area contributed by atoms with Gasteiger partial charge in [-0.3, -0.25) is 14.8 Å². The normalized spacial score (nSPS) is 11.0. The first kappa shape index (κ1) is 25.4. The molecule has 1 atom stereocenters. The minimum atomic E-state index is -0.156. The van der Waals surface area contributed by atoms with Crippen LogP contribution in [0.4, 0.5) is 0 Å². The molecular weight excluding hydrogens is 438 g/mol. The Morgan fingerprint density at radius 1 is 0.800 bits per heavy atom. The number of amides is 1. The van der Waals surface area contributed by atoms with Crippen molar-refractivity contribution in [3.05, 3.63) is 108 Å². The summed E-state index contributed by atoms with van der Waals surface area (Å²) in [6.45, 7) is 3.87. The highest BCUT2D eigenvalue weighted by Gasteiger charge is 2.11. The number of benzene rings is 2. The van der Waals surface area contributed by atoms with Crippen LogP contribution in [-0.4, -0.2) is 30.1 Å². The van der Waals surface area contributed by atoms with E-state index in [0.29, 0.717) is 12.2 Å². The Labute approximate surface area is 207 Å². The van der Waals surface area contributed by atoms with Gasteiger partial charge in [0.05, 0.1) is 44.8 Å². The first-order chi connectivity index (χ1) is 17.0. The standard InChI is InChI=1S/C22H22N2O2.C7H9NO/c1-16(21-13-12-20(26-2)15-23-21)24-22(25)14-17-8-10-19(11-9-17)18-6-4-3-5-7-18;1-6-3-4-7(9-2)5-8-6/h3-13,15-16H,14H2,1-2H3,(H,24,25);3-5H,1-2H3/t16-;/m1./s1. The van der Waals surface area contributed by atoms with Gasteiger partial charge in [-0.05, 0) is 54.8 Å². The first-order valence-corrected chi connectivity index (χ1v) is 11.4. The number of nitrogens with zero attached hydrogens (tertiary/aromatic N) is 2. The molecule has 0 radical (unpaired) electrons. The number of carbonyl (C=O) groups is 1. The van der Waals surface area contributed by atoms with E-state index in [-0.39, 0.29) is 11.9 Å². The van der Waals surface area contributed by atoms with E-state index in [0.717, 1.165) is 28.3 Å². The highest BCUT2D eigenvalue weighted by molar-refractivity contribution is 5.79. The zero-order chi connectivity index (χ0) is 25.0. The first-order valence-electron chi connectivity index (χ1n) is 11.4. The molecule has 1 amide bonds. The van der Waals surface area contributed by atoms with Gasteiger partial charge in [0.1, 0.15) is 11.5 Å². The van der Waals surface area contributed by atoms with Crippen molar-refractivity contribution in [1.29, 1.82) is 0 Å². The smallest absolute Gasteiger partial charge is 0.224 e. The fourth-order valence-corrected chi connectivity index (χ4v) is 3.34. The zero-order valence-electron chi connectivity index (χ0n) is 20.6. The Morgan fingerprint density at radius 2 is 1.40 bits per heavy atom. The number of hydrogen-bond donors (Lipinski definition) is 1. The largest absolute Gasteiger partial charge is 0.495 e. The van der Waals surface area contributed by atoms with Gasteiger partial charge in [-0.1, -0.05) is 54.6 Å². The van der Waals surface area contributed by atoms with Crippen LogP contribution in [0.5, 0.6) is 11.5 Å². The molecule has 6 nitrogen and oxygen atoms in total. The second kappa shape index (κ2) is 12.9. The lowest BCUT2D eigenvalue weighted by Gasteiger charge is -2.14. The van der Waals surface area contributed by atoms with Crippen molar-refractivity contribution < 1.29 is 14.3 Å². The summed E-state index contributed by atoms with van der Waals surface area (Å²) in [6, 6.07) is 25.6. The summed E-state index contributed by atoms with van der Waals surface area (Å²) in [5.41, 5.74) is 5.11. The monoisotopic (exact) mass is 469 g/mol. The number of pyridine rings is 2. The molecule has 2 aromatic heterocycles. The van der Waals surface area contributed by atoms with Crippen molar-refractivity contribution in [1.82, 2.24) is 15.3 Å². The highest BCUT2D eigenvalue weighted by atomic mass is 16.5. The maximum absolute atomic E-state index is 12.3. The summed E-state index contributed by atoms with van der Waals surface area (Å²) >= 11 is 0. The molecule has 0 aliphatic heterocycles. The molecular formula is C29H31N3O3. The number of carbonyl (C=O) groups excluding carboxylic acids is 1. The third-order valence-electron chi connectivity index (χ3n) is 5.36. The van der Waals surface area contributed by atoms with Crippen molar-refractivity contribution in [2.45, 2.75) is 26.3 Å². The van der Waals surface area contributed by atoms with Crippen LogP contribution in [-0.2, 0) is 11.2 Å². The van der Waals surface area contributed by atoms with E-state index in [1.807, 2.05) is 80.6 Å². The summed E-state index contributed by atoms with van der Waals surface area (Å²) in [5, 5.41) is 2.99. The summed E-state index contributed by atoms with van der Waals surface area (Å²) in [4.78, 5) is 20.7. The Balaban J connectivity index is 0.000000320. The maximum Gasteiger partial charge on any atom is 0.224 e. The molecule has 0 saturated carbocycles. The van der Waals surface area contributed by atoms with E-state index in [1.165, 1.54) is 5.56 Å². The van der Waals surface area contributed by atoms with Crippen LogP contribution in [0.2, 0.25) is 0 Å². The van der Waals surface area contributed by atoms with Gasteiger partial charge in [-0.25, -0.2) is 0 Å². The molecule has 0 fully saturated rings. The van der Waals surface area contributed by atoms with Crippen LogP contribution in [0, 0.1) is 6.92 Å². The van der Waals surface area contributed by atoms with E-state index in [2.05, 4.69) is 27.4 Å². The van der Waals surface area contributed by atoms with Crippen LogP contribution >= 0.6 is 0 Å². The quantitative estimate of drug-likeness (QED) is 0.383. The highest BCUT2D eigenvalue weighted by Crippen LogP contribution is 2.20. The summed E-state index contributed by atoms with van der Waals surface area (Å²) in [5.74, 6) is 1.48. The van der Waals surface area contributed by atoms with Crippen LogP contribution in [0.1, 0.15) is 29.9 Å². The van der Waals surface area contributed by atoms with Crippen molar-refractivity contribution in [2.24, 2.45) is 0 Å². The lowest BCUT2D eigenvalue weighted by atomic mass is 10.0. The van der Waals surface area contributed by atoms with E-state index in [4.69, 9.17) is 9.47 Å². The predicted octanol–water partition coefficient (Wildman–Crippen LogP) is 5.58. The van der Waals surface area contributed by atoms with Crippen molar-refractivity contribution in [2.75, 3.05) is 14.2 Å². The van der Waals surface area contributed by atoms with Crippen LogP contribution in [0.15, 0.2) is 91.3 Å². The van der Waals surface area contributed by atoms with Crippen molar-refractivity contribution in [3.63, 3.8) is 0 Å². The molecule has 0 saturated heterocycles. The minimum Gasteiger partial charge on any atom is -0.495 e. The third-order valence-corrected chi connectivity index (χ3v) is 5.36. The Kier molecular flexibility index (Phi) is 9.37. The topological polar surface area (TPSA) is 73.3 Å². The molecule has 4 aromatic rings. The molecule has 2 heterocycles. The summed E-state index contributed by atoms with van der Waals surface area (Å²) in [6.07, 6.45) is 3.70. The number of aryl methyl sites for hydroxylation is 1. The summed E-state index contributed by atoms with van der Waals surface area (Å²) in [7, 11) is 3.23. The van der Waals surface area contributed by atoms with Gasteiger partial charge >= 0.3 is 0 Å². The maximum atomic E-state index is 12.3. The Bertz CT molecular complexity index is 1180. The number of ether oxygens (including phenoxy) is 2. The molecule has 1 N–H and O–H groups in total. The number of hydrogen-bond acceptors (Lipinski definition) is 5. The van der Waals surface area contributed by atoms with Gasteiger partial charge in [0.25, 0.3) is 0 Å². The molecule has 0 aliphatic carbocycles. The van der Waals surface area contributed by atoms with Gasteiger partial charge in [0.15, 0.2) is 0 Å². The minimum absolute atomic E-state index is 0.0254. The van der Waals surface area contributed by atoms with Crippen molar-refractivity contribution in [3.8, 4) is 22.6 Å². The van der Waals surface area contributed by atoms with Crippen LogP contribution in [0.3, 0.4) is 0 Å². The molecule has 2 aromatic carbocycles. The number of methoxy groups -OCH3 is 2. The number of rotatable bonds is 7. The fraction of sp³-hybridized carbons (Fsp3) is 0.207. The Morgan fingerprint density at radius 3 is 1.94 bits per heavy atom. The lowest BCUT2D eigenvalue weighted by Crippen LogP contribution is -2.28. The molecule has 0 unspecified atom stereocenters. The zero-order valence-corrected chi connectivity index (χ0v) is 20.6. The molecule has 6 heteroatoms. The Hall–Kier alpha value is -4.19. The van der Waals surface area contributed by atoms with E-state index < -0.39 is 0 Å². The van der Waals surface area contributed by atoms with Gasteiger partial charge in [-0.15, -0.1) is 0 Å². The van der Waals surface area contributed by atoms with E-state index in [9.17, 15) is 4.79 Å². The molecule has 0 aliphatic rings. The lowest BCUT2D eigenvalue weighted by molar-refractivity contribution is -0.121. The molecule has 0 bridgehead atoms. The van der Waals surface area contributed by atoms with Gasteiger partial charge in [-0.2, -0.15) is 0 Å². The third kappa shape index (κ3) is 7.96. The second-order valence-corrected chi connectivity index (χ2v) is 7.99. The van der Waals surface area contributed by atoms with Gasteiger partial charge < -0.3 is 14.8 Å². The summed E-state index contributed by atoms with van der Waals surface area (Å²) < 4.78 is 10.0. The van der Waals surface area contributed by atoms with E-state index >= 15 is 0 Å². The van der Waals surface area contributed by atoms with Crippen molar-refractivity contribution >= 4 is 5.91 Å². The molecule has 0 spiro atoms. The predicted molar refractivity (Wildman–Crippen MR) is 138 cm³/mol. The average Bonchev–Trinajstić information content (AvgIpc) is 2.90. The van der Waals surface area contributed by atoms with Gasteiger partial charge in [0, 0.05) is 5.69 Å². The number of aromatic nitrogens is 2. The van der Waals surface area contributed by atoms with Gasteiger partial charge in [0.2, 0.25) is 5.91 Å². The SMILES string of the molecule is COc1ccc(C)nc1.COc1ccc([C@@H](C)NC(=O)Cc2ccc(-c3ccccc3)cc2)nc1. The molecule has 180 valence electrons. The van der Waals surface area contributed by atoms with Crippen LogP contribution in [0.25, 0.3) is 11.1 Å².